The molecule has 0 N–H and O–H groups in total. The molecule has 0 fully saturated rings. The Morgan fingerprint density at radius 3 is 2.92 bits per heavy atom. The Morgan fingerprint density at radius 2 is 2.08 bits per heavy atom. The third kappa shape index (κ3) is 3.10. The molecule has 0 saturated heterocycles. The number of rotatable bonds is 1. The maximum absolute atomic E-state index is 9.22. The number of allylic oxidation sites excluding steroid dienone is 2. The lowest BCUT2D eigenvalue weighted by Gasteiger charge is -2.24. The van der Waals surface area contributed by atoms with Crippen LogP contribution in [-0.4, -0.2) is 19.9 Å². The van der Waals surface area contributed by atoms with E-state index in [0.29, 0.717) is 18.1 Å². The second-order valence-corrected chi connectivity index (χ2v) is 6.72. The van der Waals surface area contributed by atoms with Crippen molar-refractivity contribution in [1.29, 1.82) is 5.26 Å². The van der Waals surface area contributed by atoms with Crippen LogP contribution in [0.1, 0.15) is 29.9 Å². The smallest absolute Gasteiger partial charge is 0.183 e. The average molecular weight is 362 g/mol. The van der Waals surface area contributed by atoms with E-state index in [1.165, 1.54) is 6.20 Å². The molecular weight excluding hydrogens is 346 g/mol. The quantitative estimate of drug-likeness (QED) is 0.443. The van der Waals surface area contributed by atoms with Gasteiger partial charge in [0.25, 0.3) is 0 Å². The first-order chi connectivity index (χ1) is 12.8. The molecule has 2 aromatic heterocycles. The van der Waals surface area contributed by atoms with Gasteiger partial charge in [0.2, 0.25) is 0 Å². The van der Waals surface area contributed by atoms with Crippen LogP contribution in [0.4, 0.5) is 5.82 Å². The average Bonchev–Trinajstić information content (AvgIpc) is 3.09. The molecule has 2 unspecified atom stereocenters. The standard InChI is InChI=1S/C20H16ClN5/c21-18-4-2-1-3-15(18)5-6-16-7-8-17-14-25(11-12-26(16)17)20-19(13-22)23-9-10-24-20/h1,3,7-12,15,18H,2,4,14H2. The summed E-state index contributed by atoms with van der Waals surface area (Å²) in [5.74, 6) is 7.19. The zero-order valence-corrected chi connectivity index (χ0v) is 14.8. The van der Waals surface area contributed by atoms with Crippen LogP contribution in [0.2, 0.25) is 0 Å². The van der Waals surface area contributed by atoms with Gasteiger partial charge >= 0.3 is 0 Å². The Balaban J connectivity index is 1.59. The molecule has 5 nitrogen and oxygen atoms in total. The first-order valence-corrected chi connectivity index (χ1v) is 8.88. The lowest BCUT2D eigenvalue weighted by molar-refractivity contribution is 0.655. The van der Waals surface area contributed by atoms with Gasteiger partial charge in [0.1, 0.15) is 6.07 Å². The lowest BCUT2D eigenvalue weighted by atomic mass is 9.96. The Hall–Kier alpha value is -3.02. The molecule has 0 amide bonds. The minimum atomic E-state index is 0.0791. The molecule has 2 atom stereocenters. The van der Waals surface area contributed by atoms with Crippen molar-refractivity contribution in [2.45, 2.75) is 24.8 Å². The van der Waals surface area contributed by atoms with Crippen molar-refractivity contribution in [3.63, 3.8) is 0 Å². The Kier molecular flexibility index (Phi) is 4.48. The van der Waals surface area contributed by atoms with Gasteiger partial charge in [0, 0.05) is 30.5 Å². The first-order valence-electron chi connectivity index (χ1n) is 8.44. The van der Waals surface area contributed by atoms with Crippen LogP contribution in [0.25, 0.3) is 6.20 Å². The number of nitrogens with zero attached hydrogens (tertiary/aromatic N) is 5. The number of fused-ring (bicyclic) bond motifs is 1. The number of anilines is 1. The second-order valence-electron chi connectivity index (χ2n) is 6.16. The van der Waals surface area contributed by atoms with Crippen molar-refractivity contribution in [3.8, 4) is 17.9 Å². The molecule has 0 radical (unpaired) electrons. The zero-order chi connectivity index (χ0) is 17.9. The largest absolute Gasteiger partial charge is 0.323 e. The van der Waals surface area contributed by atoms with E-state index in [0.717, 1.165) is 24.2 Å². The van der Waals surface area contributed by atoms with Gasteiger partial charge in [0.05, 0.1) is 23.5 Å². The van der Waals surface area contributed by atoms with E-state index in [2.05, 4.69) is 44.6 Å². The molecule has 0 spiro atoms. The second kappa shape index (κ2) is 7.07. The van der Waals surface area contributed by atoms with Crippen LogP contribution in [0.3, 0.4) is 0 Å². The van der Waals surface area contributed by atoms with Gasteiger partial charge in [-0.1, -0.05) is 18.1 Å². The number of hydrogen-bond donors (Lipinski definition) is 0. The fourth-order valence-corrected chi connectivity index (χ4v) is 3.40. The van der Waals surface area contributed by atoms with Crippen molar-refractivity contribution in [2.75, 3.05) is 4.90 Å². The van der Waals surface area contributed by atoms with Crippen LogP contribution >= 0.6 is 11.6 Å². The van der Waals surface area contributed by atoms with Crippen molar-refractivity contribution in [2.24, 2.45) is 5.92 Å². The van der Waals surface area contributed by atoms with Gasteiger partial charge in [-0.05, 0) is 30.9 Å². The zero-order valence-electron chi connectivity index (χ0n) is 14.0. The van der Waals surface area contributed by atoms with Crippen LogP contribution in [0, 0.1) is 29.1 Å². The van der Waals surface area contributed by atoms with E-state index in [4.69, 9.17) is 11.6 Å². The molecule has 2 aliphatic rings. The van der Waals surface area contributed by atoms with Gasteiger partial charge in [-0.25, -0.2) is 9.97 Å². The summed E-state index contributed by atoms with van der Waals surface area (Å²) < 4.78 is 2.06. The van der Waals surface area contributed by atoms with Crippen molar-refractivity contribution in [3.05, 3.63) is 60.0 Å². The number of hydrogen-bond acceptors (Lipinski definition) is 4. The normalized spacial score (nSPS) is 20.8. The number of alkyl halides is 1. The van der Waals surface area contributed by atoms with E-state index < -0.39 is 0 Å². The van der Waals surface area contributed by atoms with Crippen molar-refractivity contribution >= 4 is 23.6 Å². The predicted octanol–water partition coefficient (Wildman–Crippen LogP) is 3.52. The predicted molar refractivity (Wildman–Crippen MR) is 101 cm³/mol. The third-order valence-corrected chi connectivity index (χ3v) is 4.99. The highest BCUT2D eigenvalue weighted by Gasteiger charge is 2.19. The highest BCUT2D eigenvalue weighted by atomic mass is 35.5. The molecule has 0 bridgehead atoms. The van der Waals surface area contributed by atoms with Crippen LogP contribution < -0.4 is 4.90 Å². The summed E-state index contributed by atoms with van der Waals surface area (Å²) >= 11 is 6.36. The molecule has 0 aromatic carbocycles. The van der Waals surface area contributed by atoms with Gasteiger partial charge in [-0.15, -0.1) is 11.6 Å². The number of aromatic nitrogens is 3. The minimum absolute atomic E-state index is 0.0791. The topological polar surface area (TPSA) is 57.7 Å². The van der Waals surface area contributed by atoms with Crippen molar-refractivity contribution in [1.82, 2.24) is 14.5 Å². The molecule has 4 rings (SSSR count). The minimum Gasteiger partial charge on any atom is -0.323 e. The van der Waals surface area contributed by atoms with Gasteiger partial charge in [-0.3, -0.25) is 0 Å². The Bertz CT molecular complexity index is 986. The van der Waals surface area contributed by atoms with Crippen LogP contribution in [-0.2, 0) is 6.54 Å². The molecule has 2 aromatic rings. The monoisotopic (exact) mass is 361 g/mol. The van der Waals surface area contributed by atoms with E-state index in [9.17, 15) is 5.26 Å². The van der Waals surface area contributed by atoms with E-state index in [-0.39, 0.29) is 11.3 Å². The fourth-order valence-electron chi connectivity index (χ4n) is 3.13. The first kappa shape index (κ1) is 16.4. The molecular formula is C20H16ClN5. The summed E-state index contributed by atoms with van der Waals surface area (Å²) in [6, 6.07) is 6.13. The van der Waals surface area contributed by atoms with Crippen LogP contribution in [0.15, 0.2) is 42.9 Å². The molecule has 6 heteroatoms. The number of halogens is 1. The van der Waals surface area contributed by atoms with Crippen molar-refractivity contribution < 1.29 is 0 Å². The molecule has 1 aliphatic heterocycles. The highest BCUT2D eigenvalue weighted by molar-refractivity contribution is 6.21. The summed E-state index contributed by atoms with van der Waals surface area (Å²) in [6.07, 6.45) is 13.2. The Labute approximate surface area is 157 Å². The summed E-state index contributed by atoms with van der Waals surface area (Å²) in [4.78, 5) is 10.3. The molecule has 26 heavy (non-hydrogen) atoms. The van der Waals surface area contributed by atoms with Crippen LogP contribution in [0.5, 0.6) is 0 Å². The van der Waals surface area contributed by atoms with E-state index in [1.807, 2.05) is 29.4 Å². The summed E-state index contributed by atoms with van der Waals surface area (Å²) in [7, 11) is 0. The maximum atomic E-state index is 9.22. The SMILES string of the molecule is N#Cc1nccnc1N1C=Cn2c(C#CC3C=CCCC3Cl)ccc2C1. The Morgan fingerprint density at radius 1 is 1.19 bits per heavy atom. The van der Waals surface area contributed by atoms with E-state index in [1.54, 1.807) is 6.20 Å². The number of nitriles is 1. The van der Waals surface area contributed by atoms with E-state index >= 15 is 0 Å². The molecule has 3 heterocycles. The lowest BCUT2D eigenvalue weighted by Crippen LogP contribution is -2.23. The maximum Gasteiger partial charge on any atom is 0.183 e. The summed E-state index contributed by atoms with van der Waals surface area (Å²) in [6.45, 7) is 0.604. The van der Waals surface area contributed by atoms with Gasteiger partial charge in [-0.2, -0.15) is 5.26 Å². The molecule has 128 valence electrons. The molecule has 1 aliphatic carbocycles. The fraction of sp³-hybridized carbons (Fsp3) is 0.250. The summed E-state index contributed by atoms with van der Waals surface area (Å²) in [5.41, 5.74) is 2.32. The van der Waals surface area contributed by atoms with Gasteiger partial charge in [0.15, 0.2) is 11.5 Å². The highest BCUT2D eigenvalue weighted by Crippen LogP contribution is 2.25. The third-order valence-electron chi connectivity index (χ3n) is 4.50. The van der Waals surface area contributed by atoms with Gasteiger partial charge < -0.3 is 9.47 Å². The summed E-state index contributed by atoms with van der Waals surface area (Å²) in [5, 5.41) is 9.30. The molecule has 0 saturated carbocycles.